The zero-order chi connectivity index (χ0) is 11.5. The summed E-state index contributed by atoms with van der Waals surface area (Å²) in [7, 11) is 0. The number of hydrogen-bond donors (Lipinski definition) is 1. The Kier molecular flexibility index (Phi) is 3.51. The Bertz CT molecular complexity index is 370. The molecule has 0 amide bonds. The molecule has 0 saturated carbocycles. The molecule has 0 aromatic heterocycles. The molecule has 1 saturated heterocycles. The van der Waals surface area contributed by atoms with Gasteiger partial charge in [-0.2, -0.15) is 0 Å². The van der Waals surface area contributed by atoms with Crippen LogP contribution < -0.4 is 5.32 Å². The Morgan fingerprint density at radius 1 is 1.31 bits per heavy atom. The Hall–Kier alpha value is -1.00. The highest BCUT2D eigenvalue weighted by atomic mass is 19.1. The first kappa shape index (κ1) is 11.5. The molecule has 1 aliphatic heterocycles. The first-order valence-electron chi connectivity index (χ1n) is 5.44. The Morgan fingerprint density at radius 3 is 2.94 bits per heavy atom. The summed E-state index contributed by atoms with van der Waals surface area (Å²) in [5.41, 5.74) is 0.293. The first-order chi connectivity index (χ1) is 7.66. The third-order valence-corrected chi connectivity index (χ3v) is 2.71. The fourth-order valence-corrected chi connectivity index (χ4v) is 1.82. The van der Waals surface area contributed by atoms with Gasteiger partial charge in [0.15, 0.2) is 0 Å². The second-order valence-corrected chi connectivity index (χ2v) is 4.25. The molecule has 1 aromatic rings. The molecule has 1 N–H and O–H groups in total. The molecular weight excluding hydrogens is 212 g/mol. The van der Waals surface area contributed by atoms with Crippen LogP contribution in [0.4, 0.5) is 8.78 Å². The van der Waals surface area contributed by atoms with Crippen LogP contribution in [0.5, 0.6) is 0 Å². The van der Waals surface area contributed by atoms with Gasteiger partial charge in [-0.05, 0) is 24.1 Å². The SMILES string of the molecule is CC1CNCC(c2cc(F)ccc2F)OC1. The first-order valence-corrected chi connectivity index (χ1v) is 5.44. The van der Waals surface area contributed by atoms with Crippen LogP contribution in [-0.4, -0.2) is 19.7 Å². The maximum atomic E-state index is 13.5. The minimum atomic E-state index is -0.433. The van der Waals surface area contributed by atoms with E-state index in [1.807, 2.05) is 0 Å². The van der Waals surface area contributed by atoms with E-state index in [1.165, 1.54) is 6.07 Å². The molecule has 16 heavy (non-hydrogen) atoms. The Morgan fingerprint density at radius 2 is 2.12 bits per heavy atom. The lowest BCUT2D eigenvalue weighted by Gasteiger charge is -2.16. The molecule has 0 aliphatic carbocycles. The molecule has 0 spiro atoms. The van der Waals surface area contributed by atoms with Crippen LogP contribution in [0.1, 0.15) is 18.6 Å². The van der Waals surface area contributed by atoms with Crippen LogP contribution >= 0.6 is 0 Å². The van der Waals surface area contributed by atoms with Crippen molar-refractivity contribution in [1.29, 1.82) is 0 Å². The van der Waals surface area contributed by atoms with Gasteiger partial charge in [-0.1, -0.05) is 6.92 Å². The maximum Gasteiger partial charge on any atom is 0.129 e. The molecule has 0 bridgehead atoms. The van der Waals surface area contributed by atoms with Crippen LogP contribution in [-0.2, 0) is 4.74 Å². The lowest BCUT2D eigenvalue weighted by Crippen LogP contribution is -2.22. The topological polar surface area (TPSA) is 21.3 Å². The van der Waals surface area contributed by atoms with Crippen LogP contribution in [0.3, 0.4) is 0 Å². The summed E-state index contributed by atoms with van der Waals surface area (Å²) in [4.78, 5) is 0. The molecule has 1 heterocycles. The summed E-state index contributed by atoms with van der Waals surface area (Å²) in [5.74, 6) is -0.457. The molecule has 0 radical (unpaired) electrons. The Balaban J connectivity index is 2.19. The van der Waals surface area contributed by atoms with E-state index in [4.69, 9.17) is 4.74 Å². The highest BCUT2D eigenvalue weighted by Gasteiger charge is 2.21. The van der Waals surface area contributed by atoms with Gasteiger partial charge >= 0.3 is 0 Å². The summed E-state index contributed by atoms with van der Waals surface area (Å²) >= 11 is 0. The van der Waals surface area contributed by atoms with Gasteiger partial charge in [-0.25, -0.2) is 8.78 Å². The van der Waals surface area contributed by atoms with Gasteiger partial charge in [0, 0.05) is 18.7 Å². The number of nitrogens with one attached hydrogen (secondary N) is 1. The quantitative estimate of drug-likeness (QED) is 0.794. The normalized spacial score (nSPS) is 26.4. The summed E-state index contributed by atoms with van der Waals surface area (Å²) in [5, 5.41) is 3.18. The van der Waals surface area contributed by atoms with Crippen molar-refractivity contribution in [2.24, 2.45) is 5.92 Å². The van der Waals surface area contributed by atoms with Crippen molar-refractivity contribution in [3.05, 3.63) is 35.4 Å². The Labute approximate surface area is 93.6 Å². The van der Waals surface area contributed by atoms with Gasteiger partial charge in [-0.3, -0.25) is 0 Å². The highest BCUT2D eigenvalue weighted by Crippen LogP contribution is 2.23. The lowest BCUT2D eigenvalue weighted by atomic mass is 10.1. The molecule has 1 fully saturated rings. The van der Waals surface area contributed by atoms with Gasteiger partial charge in [0.25, 0.3) is 0 Å². The van der Waals surface area contributed by atoms with E-state index in [-0.39, 0.29) is 0 Å². The van der Waals surface area contributed by atoms with Gasteiger partial charge < -0.3 is 10.1 Å². The third kappa shape index (κ3) is 2.57. The van der Waals surface area contributed by atoms with Crippen molar-refractivity contribution in [3.63, 3.8) is 0 Å². The van der Waals surface area contributed by atoms with Crippen molar-refractivity contribution < 1.29 is 13.5 Å². The molecular formula is C12H15F2NO. The second-order valence-electron chi connectivity index (χ2n) is 4.25. The minimum absolute atomic E-state index is 0.293. The predicted molar refractivity (Wildman–Crippen MR) is 57.1 cm³/mol. The van der Waals surface area contributed by atoms with E-state index in [0.29, 0.717) is 24.6 Å². The summed E-state index contributed by atoms with van der Waals surface area (Å²) in [6.45, 7) is 3.98. The second kappa shape index (κ2) is 4.89. The van der Waals surface area contributed by atoms with Gasteiger partial charge in [-0.15, -0.1) is 0 Å². The molecule has 2 atom stereocenters. The molecule has 2 nitrogen and oxygen atoms in total. The number of rotatable bonds is 1. The predicted octanol–water partition coefficient (Wildman–Crippen LogP) is 2.26. The fraction of sp³-hybridized carbons (Fsp3) is 0.500. The molecule has 2 rings (SSSR count). The van der Waals surface area contributed by atoms with Gasteiger partial charge in [0.1, 0.15) is 11.6 Å². The molecule has 4 heteroatoms. The van der Waals surface area contributed by atoms with E-state index >= 15 is 0 Å². The minimum Gasteiger partial charge on any atom is -0.372 e. The fourth-order valence-electron chi connectivity index (χ4n) is 1.82. The zero-order valence-corrected chi connectivity index (χ0v) is 9.17. The van der Waals surface area contributed by atoms with E-state index in [9.17, 15) is 8.78 Å². The summed E-state index contributed by atoms with van der Waals surface area (Å²) < 4.78 is 32.1. The van der Waals surface area contributed by atoms with Crippen molar-refractivity contribution >= 4 is 0 Å². The summed E-state index contributed by atoms with van der Waals surface area (Å²) in [6, 6.07) is 3.46. The number of hydrogen-bond acceptors (Lipinski definition) is 2. The molecule has 88 valence electrons. The van der Waals surface area contributed by atoms with Crippen molar-refractivity contribution in [3.8, 4) is 0 Å². The van der Waals surface area contributed by atoms with Crippen LogP contribution in [0.15, 0.2) is 18.2 Å². The van der Waals surface area contributed by atoms with Crippen molar-refractivity contribution in [2.45, 2.75) is 13.0 Å². The van der Waals surface area contributed by atoms with Crippen molar-refractivity contribution in [2.75, 3.05) is 19.7 Å². The average molecular weight is 227 g/mol. The van der Waals surface area contributed by atoms with Crippen LogP contribution in [0.2, 0.25) is 0 Å². The van der Waals surface area contributed by atoms with E-state index < -0.39 is 17.7 Å². The molecule has 2 unspecified atom stereocenters. The molecule has 1 aliphatic rings. The van der Waals surface area contributed by atoms with Gasteiger partial charge in [0.05, 0.1) is 12.7 Å². The third-order valence-electron chi connectivity index (χ3n) is 2.71. The largest absolute Gasteiger partial charge is 0.372 e. The van der Waals surface area contributed by atoms with E-state index in [0.717, 1.165) is 18.7 Å². The van der Waals surface area contributed by atoms with Crippen molar-refractivity contribution in [1.82, 2.24) is 5.32 Å². The number of ether oxygens (including phenoxy) is 1. The van der Waals surface area contributed by atoms with Crippen LogP contribution in [0, 0.1) is 17.6 Å². The monoisotopic (exact) mass is 227 g/mol. The highest BCUT2D eigenvalue weighted by molar-refractivity contribution is 5.21. The number of benzene rings is 1. The lowest BCUT2D eigenvalue weighted by molar-refractivity contribution is 0.0490. The standard InChI is InChI=1S/C12H15F2NO/c1-8-5-15-6-12(16-7-8)10-4-9(13)2-3-11(10)14/h2-4,8,12,15H,5-7H2,1H3. The maximum absolute atomic E-state index is 13.5. The smallest absolute Gasteiger partial charge is 0.129 e. The van der Waals surface area contributed by atoms with Crippen LogP contribution in [0.25, 0.3) is 0 Å². The van der Waals surface area contributed by atoms with E-state index in [1.54, 1.807) is 0 Å². The zero-order valence-electron chi connectivity index (χ0n) is 9.17. The van der Waals surface area contributed by atoms with E-state index in [2.05, 4.69) is 12.2 Å². The number of halogens is 2. The van der Waals surface area contributed by atoms with Gasteiger partial charge in [0.2, 0.25) is 0 Å². The average Bonchev–Trinajstić information content (AvgIpc) is 2.47. The summed E-state index contributed by atoms with van der Waals surface area (Å²) in [6.07, 6.45) is -0.402. The molecule has 1 aromatic carbocycles.